The summed E-state index contributed by atoms with van der Waals surface area (Å²) in [6, 6.07) is 5.61. The Morgan fingerprint density at radius 2 is 1.96 bits per heavy atom. The molecule has 0 radical (unpaired) electrons. The smallest absolute Gasteiger partial charge is 0.358 e. The van der Waals surface area contributed by atoms with Gasteiger partial charge in [0.05, 0.1) is 0 Å². The largest absolute Gasteiger partial charge is 0.406 e. The topological polar surface area (TPSA) is 93.3 Å². The van der Waals surface area contributed by atoms with Crippen LogP contribution in [0.15, 0.2) is 30.6 Å². The van der Waals surface area contributed by atoms with Crippen LogP contribution in [0.25, 0.3) is 0 Å². The molecular weight excluding hydrogens is 329 g/mol. The second kappa shape index (κ2) is 6.88. The minimum atomic E-state index is -0.497. The van der Waals surface area contributed by atoms with Crippen molar-refractivity contribution < 1.29 is 14.1 Å². The number of nitrogens with one attached hydrogen (secondary N) is 1. The molecule has 8 nitrogen and oxygen atoms in total. The number of aromatic nitrogens is 2. The van der Waals surface area contributed by atoms with Gasteiger partial charge in [0.15, 0.2) is 0 Å². The van der Waals surface area contributed by atoms with Crippen LogP contribution in [0.5, 0.6) is 0 Å². The first-order valence-corrected chi connectivity index (χ1v) is 7.93. The standard InChI is InChI=1S/C16H18FN5O3/c1-20-10-18-14(22(24)25)16(20)21-8-6-11(7-9-21)15(23)19-13-4-2-12(17)3-5-13/h2-5,10-11H,6-9H2,1H3,(H,19,23). The number of anilines is 2. The van der Waals surface area contributed by atoms with Crippen molar-refractivity contribution in [2.75, 3.05) is 23.3 Å². The second-order valence-electron chi connectivity index (χ2n) is 6.02. The van der Waals surface area contributed by atoms with Crippen LogP contribution in [0.1, 0.15) is 12.8 Å². The van der Waals surface area contributed by atoms with E-state index in [1.54, 1.807) is 11.6 Å². The van der Waals surface area contributed by atoms with Crippen molar-refractivity contribution in [3.63, 3.8) is 0 Å². The summed E-state index contributed by atoms with van der Waals surface area (Å²) in [5, 5.41) is 13.9. The number of carbonyl (C=O) groups is 1. The van der Waals surface area contributed by atoms with E-state index in [4.69, 9.17) is 0 Å². The van der Waals surface area contributed by atoms with Crippen LogP contribution in [-0.2, 0) is 11.8 Å². The van der Waals surface area contributed by atoms with Gasteiger partial charge in [0.25, 0.3) is 0 Å². The highest BCUT2D eigenvalue weighted by Gasteiger charge is 2.31. The molecule has 1 aromatic carbocycles. The number of hydrogen-bond acceptors (Lipinski definition) is 5. The molecule has 3 rings (SSSR count). The Balaban J connectivity index is 1.62. The van der Waals surface area contributed by atoms with E-state index in [0.717, 1.165) is 0 Å². The molecule has 1 aliphatic rings. The number of rotatable bonds is 4. The third-order valence-corrected chi connectivity index (χ3v) is 4.34. The first-order valence-electron chi connectivity index (χ1n) is 7.93. The fourth-order valence-corrected chi connectivity index (χ4v) is 3.04. The van der Waals surface area contributed by atoms with Crippen LogP contribution in [0, 0.1) is 21.8 Å². The maximum atomic E-state index is 12.9. The van der Waals surface area contributed by atoms with Crippen molar-refractivity contribution in [2.24, 2.45) is 13.0 Å². The summed E-state index contributed by atoms with van der Waals surface area (Å²) in [5.41, 5.74) is 0.552. The van der Waals surface area contributed by atoms with Gasteiger partial charge in [0.2, 0.25) is 18.1 Å². The van der Waals surface area contributed by atoms with E-state index in [9.17, 15) is 19.3 Å². The number of imidazole rings is 1. The third kappa shape index (κ3) is 3.59. The third-order valence-electron chi connectivity index (χ3n) is 4.34. The van der Waals surface area contributed by atoms with Crippen molar-refractivity contribution in [3.05, 3.63) is 46.5 Å². The van der Waals surface area contributed by atoms with Gasteiger partial charge in [-0.15, -0.1) is 0 Å². The van der Waals surface area contributed by atoms with E-state index in [0.29, 0.717) is 37.4 Å². The number of aryl methyl sites for hydroxylation is 1. The van der Waals surface area contributed by atoms with E-state index < -0.39 is 4.92 Å². The number of benzene rings is 1. The van der Waals surface area contributed by atoms with E-state index in [-0.39, 0.29) is 23.5 Å². The minimum absolute atomic E-state index is 0.120. The molecule has 1 aliphatic heterocycles. The zero-order valence-corrected chi connectivity index (χ0v) is 13.7. The molecule has 0 atom stereocenters. The molecule has 25 heavy (non-hydrogen) atoms. The Morgan fingerprint density at radius 1 is 1.32 bits per heavy atom. The Bertz CT molecular complexity index is 782. The van der Waals surface area contributed by atoms with Crippen molar-refractivity contribution in [1.82, 2.24) is 9.55 Å². The minimum Gasteiger partial charge on any atom is -0.358 e. The van der Waals surface area contributed by atoms with Crippen molar-refractivity contribution >= 4 is 23.2 Å². The van der Waals surface area contributed by atoms with Crippen LogP contribution in [0.4, 0.5) is 21.7 Å². The average Bonchev–Trinajstić information content (AvgIpc) is 2.99. The molecule has 0 saturated carbocycles. The van der Waals surface area contributed by atoms with Gasteiger partial charge in [-0.25, -0.2) is 4.39 Å². The number of piperidine rings is 1. The van der Waals surface area contributed by atoms with Gasteiger partial charge in [0.1, 0.15) is 5.82 Å². The molecule has 0 bridgehead atoms. The first-order chi connectivity index (χ1) is 12.0. The predicted octanol–water partition coefficient (Wildman–Crippen LogP) is 2.32. The van der Waals surface area contributed by atoms with Crippen LogP contribution in [0.2, 0.25) is 0 Å². The molecule has 1 saturated heterocycles. The molecule has 132 valence electrons. The highest BCUT2D eigenvalue weighted by atomic mass is 19.1. The molecule has 1 N–H and O–H groups in total. The lowest BCUT2D eigenvalue weighted by Crippen LogP contribution is -2.39. The zero-order valence-electron chi connectivity index (χ0n) is 13.7. The maximum Gasteiger partial charge on any atom is 0.406 e. The lowest BCUT2D eigenvalue weighted by atomic mass is 9.96. The number of halogens is 1. The summed E-state index contributed by atoms with van der Waals surface area (Å²) in [5.74, 6) is -0.373. The van der Waals surface area contributed by atoms with Gasteiger partial charge in [-0.2, -0.15) is 0 Å². The summed E-state index contributed by atoms with van der Waals surface area (Å²) in [7, 11) is 1.71. The summed E-state index contributed by atoms with van der Waals surface area (Å²) < 4.78 is 14.5. The SMILES string of the molecule is Cn1cnc([N+](=O)[O-])c1N1CCC(C(=O)Nc2ccc(F)cc2)CC1. The molecule has 2 aromatic rings. The predicted molar refractivity (Wildman–Crippen MR) is 89.8 cm³/mol. The summed E-state index contributed by atoms with van der Waals surface area (Å²) >= 11 is 0. The molecule has 1 fully saturated rings. The van der Waals surface area contributed by atoms with Crippen molar-refractivity contribution in [2.45, 2.75) is 12.8 Å². The van der Waals surface area contributed by atoms with Gasteiger partial charge in [-0.3, -0.25) is 9.36 Å². The van der Waals surface area contributed by atoms with E-state index in [2.05, 4.69) is 10.3 Å². The lowest BCUT2D eigenvalue weighted by molar-refractivity contribution is -0.388. The number of carbonyl (C=O) groups excluding carboxylic acids is 1. The van der Waals surface area contributed by atoms with Gasteiger partial charge < -0.3 is 20.3 Å². The molecule has 0 spiro atoms. The summed E-state index contributed by atoms with van der Waals surface area (Å²) in [4.78, 5) is 28.6. The van der Waals surface area contributed by atoms with E-state index >= 15 is 0 Å². The van der Waals surface area contributed by atoms with E-state index in [1.807, 2.05) is 4.90 Å². The highest BCUT2D eigenvalue weighted by molar-refractivity contribution is 5.92. The molecule has 1 amide bonds. The Labute approximate surface area is 143 Å². The van der Waals surface area contributed by atoms with Crippen molar-refractivity contribution in [1.29, 1.82) is 0 Å². The number of nitro groups is 1. The summed E-state index contributed by atoms with van der Waals surface area (Å²) in [6.45, 7) is 1.06. The Hall–Kier alpha value is -2.97. The highest BCUT2D eigenvalue weighted by Crippen LogP contribution is 2.30. The number of amides is 1. The zero-order chi connectivity index (χ0) is 18.0. The second-order valence-corrected chi connectivity index (χ2v) is 6.02. The summed E-state index contributed by atoms with van der Waals surface area (Å²) in [6.07, 6.45) is 2.57. The lowest BCUT2D eigenvalue weighted by Gasteiger charge is -2.32. The van der Waals surface area contributed by atoms with Gasteiger partial charge in [-0.05, 0) is 47.0 Å². The van der Waals surface area contributed by atoms with E-state index in [1.165, 1.54) is 30.6 Å². The molecule has 0 aliphatic carbocycles. The van der Waals surface area contributed by atoms with Crippen LogP contribution in [-0.4, -0.2) is 33.5 Å². The van der Waals surface area contributed by atoms with Crippen LogP contribution in [0.3, 0.4) is 0 Å². The molecular formula is C16H18FN5O3. The molecule has 1 aromatic heterocycles. The molecule has 0 unspecified atom stereocenters. The molecule has 2 heterocycles. The van der Waals surface area contributed by atoms with Gasteiger partial charge in [0, 0.05) is 31.7 Å². The average molecular weight is 347 g/mol. The fourth-order valence-electron chi connectivity index (χ4n) is 3.04. The normalized spacial score (nSPS) is 15.2. The molecule has 9 heteroatoms. The quantitative estimate of drug-likeness (QED) is 0.677. The maximum absolute atomic E-state index is 12.9. The van der Waals surface area contributed by atoms with Crippen molar-refractivity contribution in [3.8, 4) is 0 Å². The number of nitrogens with zero attached hydrogens (tertiary/aromatic N) is 4. The number of hydrogen-bond donors (Lipinski definition) is 1. The first kappa shape index (κ1) is 16.9. The van der Waals surface area contributed by atoms with Gasteiger partial charge >= 0.3 is 5.82 Å². The Morgan fingerprint density at radius 3 is 2.56 bits per heavy atom. The van der Waals surface area contributed by atoms with Crippen LogP contribution >= 0.6 is 0 Å². The Kier molecular flexibility index (Phi) is 4.64. The fraction of sp³-hybridized carbons (Fsp3) is 0.375. The van der Waals surface area contributed by atoms with Crippen LogP contribution < -0.4 is 10.2 Å². The van der Waals surface area contributed by atoms with Gasteiger partial charge in [-0.1, -0.05) is 0 Å². The monoisotopic (exact) mass is 347 g/mol.